The minimum absolute atomic E-state index is 0.0371. The molecular weight excluding hydrogens is 295 g/mol. The highest BCUT2D eigenvalue weighted by molar-refractivity contribution is 5.76. The summed E-state index contributed by atoms with van der Waals surface area (Å²) in [6, 6.07) is 10.0. The molecule has 5 heteroatoms. The van der Waals surface area contributed by atoms with E-state index >= 15 is 0 Å². The van der Waals surface area contributed by atoms with Crippen LogP contribution in [0.1, 0.15) is 25.0 Å². The van der Waals surface area contributed by atoms with Gasteiger partial charge in [0.15, 0.2) is 0 Å². The van der Waals surface area contributed by atoms with Crippen molar-refractivity contribution in [2.75, 3.05) is 6.54 Å². The molecule has 3 rings (SSSR count). The molecule has 23 heavy (non-hydrogen) atoms. The second-order valence-electron chi connectivity index (χ2n) is 6.05. The van der Waals surface area contributed by atoms with E-state index in [9.17, 15) is 9.18 Å². The van der Waals surface area contributed by atoms with Crippen LogP contribution < -0.4 is 11.1 Å². The van der Waals surface area contributed by atoms with Gasteiger partial charge in [0.2, 0.25) is 5.91 Å². The first-order valence-corrected chi connectivity index (χ1v) is 7.99. The van der Waals surface area contributed by atoms with Gasteiger partial charge in [0, 0.05) is 25.4 Å². The number of rotatable bonds is 7. The lowest BCUT2D eigenvalue weighted by atomic mass is 10.1. The molecule has 0 spiro atoms. The minimum atomic E-state index is -0.319. The summed E-state index contributed by atoms with van der Waals surface area (Å²) in [5.41, 5.74) is 6.38. The van der Waals surface area contributed by atoms with Crippen molar-refractivity contribution < 1.29 is 13.6 Å². The van der Waals surface area contributed by atoms with Crippen molar-refractivity contribution in [1.82, 2.24) is 5.32 Å². The average molecular weight is 316 g/mol. The van der Waals surface area contributed by atoms with E-state index in [2.05, 4.69) is 5.32 Å². The zero-order valence-electron chi connectivity index (χ0n) is 12.9. The second-order valence-corrected chi connectivity index (χ2v) is 6.05. The zero-order valence-corrected chi connectivity index (χ0v) is 12.9. The summed E-state index contributed by atoms with van der Waals surface area (Å²) in [5, 5.41) is 2.86. The molecule has 122 valence electrons. The SMILES string of the molecule is NC(CNC(=O)CCc1ccc(-c2ccccc2F)o1)C1CC1. The van der Waals surface area contributed by atoms with Gasteiger partial charge < -0.3 is 15.5 Å². The fourth-order valence-electron chi connectivity index (χ4n) is 2.57. The molecule has 1 atom stereocenters. The molecule has 0 bridgehead atoms. The molecule has 1 aliphatic carbocycles. The van der Waals surface area contributed by atoms with Gasteiger partial charge in [-0.25, -0.2) is 4.39 Å². The number of hydrogen-bond acceptors (Lipinski definition) is 3. The van der Waals surface area contributed by atoms with Gasteiger partial charge in [0.25, 0.3) is 0 Å². The number of aryl methyl sites for hydroxylation is 1. The third-order valence-corrected chi connectivity index (χ3v) is 4.16. The van der Waals surface area contributed by atoms with Crippen molar-refractivity contribution in [2.45, 2.75) is 31.7 Å². The molecule has 1 aromatic carbocycles. The topological polar surface area (TPSA) is 68.3 Å². The maximum Gasteiger partial charge on any atom is 0.220 e. The summed E-state index contributed by atoms with van der Waals surface area (Å²) < 4.78 is 19.3. The van der Waals surface area contributed by atoms with Crippen LogP contribution in [0.2, 0.25) is 0 Å². The summed E-state index contributed by atoms with van der Waals surface area (Å²) in [4.78, 5) is 11.8. The summed E-state index contributed by atoms with van der Waals surface area (Å²) in [5.74, 6) is 1.37. The van der Waals surface area contributed by atoms with Crippen LogP contribution in [0.25, 0.3) is 11.3 Å². The molecule has 1 saturated carbocycles. The van der Waals surface area contributed by atoms with Crippen molar-refractivity contribution in [2.24, 2.45) is 11.7 Å². The van der Waals surface area contributed by atoms with Crippen molar-refractivity contribution >= 4 is 5.91 Å². The summed E-state index contributed by atoms with van der Waals surface area (Å²) in [6.45, 7) is 0.530. The number of furan rings is 1. The lowest BCUT2D eigenvalue weighted by Crippen LogP contribution is -2.38. The predicted molar refractivity (Wildman–Crippen MR) is 86.1 cm³/mol. The number of halogens is 1. The third-order valence-electron chi connectivity index (χ3n) is 4.16. The Kier molecular flexibility index (Phi) is 4.76. The minimum Gasteiger partial charge on any atom is -0.461 e. The highest BCUT2D eigenvalue weighted by Gasteiger charge is 2.28. The monoisotopic (exact) mass is 316 g/mol. The number of benzene rings is 1. The first-order valence-electron chi connectivity index (χ1n) is 7.99. The Morgan fingerprint density at radius 3 is 2.83 bits per heavy atom. The molecule has 0 radical (unpaired) electrons. The van der Waals surface area contributed by atoms with E-state index in [1.165, 1.54) is 18.9 Å². The van der Waals surface area contributed by atoms with Gasteiger partial charge >= 0.3 is 0 Å². The Labute approximate surface area is 134 Å². The summed E-state index contributed by atoms with van der Waals surface area (Å²) in [7, 11) is 0. The van der Waals surface area contributed by atoms with E-state index in [-0.39, 0.29) is 17.8 Å². The number of nitrogens with one attached hydrogen (secondary N) is 1. The smallest absolute Gasteiger partial charge is 0.220 e. The lowest BCUT2D eigenvalue weighted by Gasteiger charge is -2.11. The van der Waals surface area contributed by atoms with Gasteiger partial charge in [-0.2, -0.15) is 0 Å². The van der Waals surface area contributed by atoms with E-state index < -0.39 is 0 Å². The van der Waals surface area contributed by atoms with Gasteiger partial charge in [-0.3, -0.25) is 4.79 Å². The number of nitrogens with two attached hydrogens (primary N) is 1. The fourth-order valence-corrected chi connectivity index (χ4v) is 2.57. The molecule has 1 aliphatic rings. The normalized spacial score (nSPS) is 15.4. The molecule has 3 N–H and O–H groups in total. The Bertz CT molecular complexity index is 679. The molecule has 1 amide bonds. The second kappa shape index (κ2) is 6.96. The first-order chi connectivity index (χ1) is 11.1. The maximum absolute atomic E-state index is 13.7. The number of carbonyl (C=O) groups is 1. The first kappa shape index (κ1) is 15.7. The Morgan fingerprint density at radius 2 is 2.09 bits per heavy atom. The van der Waals surface area contributed by atoms with Gasteiger partial charge in [-0.05, 0) is 43.0 Å². The van der Waals surface area contributed by atoms with Crippen LogP contribution in [0.4, 0.5) is 4.39 Å². The molecule has 2 aromatic rings. The molecule has 1 heterocycles. The predicted octanol–water partition coefficient (Wildman–Crippen LogP) is 2.87. The standard InChI is InChI=1S/C18H21FN2O2/c19-15-4-2-1-3-14(15)17-9-7-13(23-17)8-10-18(22)21-11-16(20)12-5-6-12/h1-4,7,9,12,16H,5-6,8,10-11,20H2,(H,21,22). The van der Waals surface area contributed by atoms with Crippen molar-refractivity contribution in [3.63, 3.8) is 0 Å². The van der Waals surface area contributed by atoms with Gasteiger partial charge in [0.1, 0.15) is 17.3 Å². The molecular formula is C18H21FN2O2. The highest BCUT2D eigenvalue weighted by Crippen LogP contribution is 2.31. The van der Waals surface area contributed by atoms with Gasteiger partial charge in [-0.15, -0.1) is 0 Å². The van der Waals surface area contributed by atoms with Crippen LogP contribution in [-0.4, -0.2) is 18.5 Å². The van der Waals surface area contributed by atoms with Crippen LogP contribution in [0.15, 0.2) is 40.8 Å². The van der Waals surface area contributed by atoms with E-state index in [4.69, 9.17) is 10.2 Å². The Hall–Kier alpha value is -2.14. The fraction of sp³-hybridized carbons (Fsp3) is 0.389. The Morgan fingerprint density at radius 1 is 1.30 bits per heavy atom. The maximum atomic E-state index is 13.7. The van der Waals surface area contributed by atoms with Crippen LogP contribution in [-0.2, 0) is 11.2 Å². The molecule has 1 fully saturated rings. The Balaban J connectivity index is 1.49. The third kappa shape index (κ3) is 4.20. The quantitative estimate of drug-likeness (QED) is 0.825. The van der Waals surface area contributed by atoms with E-state index in [0.717, 1.165) is 0 Å². The number of carbonyl (C=O) groups excluding carboxylic acids is 1. The van der Waals surface area contributed by atoms with Crippen LogP contribution in [0.3, 0.4) is 0 Å². The molecule has 1 aromatic heterocycles. The van der Waals surface area contributed by atoms with Crippen molar-refractivity contribution in [3.05, 3.63) is 48.0 Å². The van der Waals surface area contributed by atoms with E-state index in [0.29, 0.717) is 42.4 Å². The largest absolute Gasteiger partial charge is 0.461 e. The van der Waals surface area contributed by atoms with Crippen LogP contribution >= 0.6 is 0 Å². The van der Waals surface area contributed by atoms with Gasteiger partial charge in [-0.1, -0.05) is 12.1 Å². The molecule has 4 nitrogen and oxygen atoms in total. The summed E-state index contributed by atoms with van der Waals surface area (Å²) in [6.07, 6.45) is 3.16. The number of hydrogen-bond donors (Lipinski definition) is 2. The zero-order chi connectivity index (χ0) is 16.2. The number of amides is 1. The summed E-state index contributed by atoms with van der Waals surface area (Å²) >= 11 is 0. The molecule has 0 saturated heterocycles. The van der Waals surface area contributed by atoms with Crippen molar-refractivity contribution in [1.29, 1.82) is 0 Å². The molecule has 1 unspecified atom stereocenters. The lowest BCUT2D eigenvalue weighted by molar-refractivity contribution is -0.121. The van der Waals surface area contributed by atoms with Crippen LogP contribution in [0, 0.1) is 11.7 Å². The van der Waals surface area contributed by atoms with E-state index in [1.807, 2.05) is 0 Å². The van der Waals surface area contributed by atoms with Crippen LogP contribution in [0.5, 0.6) is 0 Å². The van der Waals surface area contributed by atoms with Gasteiger partial charge in [0.05, 0.1) is 5.56 Å². The van der Waals surface area contributed by atoms with Crippen molar-refractivity contribution in [3.8, 4) is 11.3 Å². The highest BCUT2D eigenvalue weighted by atomic mass is 19.1. The molecule has 0 aliphatic heterocycles. The average Bonchev–Trinajstić information content (AvgIpc) is 3.30. The van der Waals surface area contributed by atoms with E-state index in [1.54, 1.807) is 30.3 Å².